The van der Waals surface area contributed by atoms with Crippen molar-refractivity contribution < 1.29 is 9.53 Å². The van der Waals surface area contributed by atoms with Crippen molar-refractivity contribution in [1.29, 1.82) is 0 Å². The SMILES string of the molecule is Cc1cncc(C(=O)Nc2ccc(OC3CCN(C)CC3)cc2)c1. The number of aryl methyl sites for hydroxylation is 1. The Kier molecular flexibility index (Phi) is 5.11. The van der Waals surface area contributed by atoms with E-state index in [9.17, 15) is 4.79 Å². The molecule has 0 bridgehead atoms. The smallest absolute Gasteiger partial charge is 0.257 e. The van der Waals surface area contributed by atoms with E-state index in [1.165, 1.54) is 0 Å². The van der Waals surface area contributed by atoms with E-state index in [4.69, 9.17) is 4.74 Å². The molecule has 0 aliphatic carbocycles. The van der Waals surface area contributed by atoms with Crippen LogP contribution in [0, 0.1) is 6.92 Å². The summed E-state index contributed by atoms with van der Waals surface area (Å²) in [5.74, 6) is 0.690. The second kappa shape index (κ2) is 7.45. The predicted octanol–water partition coefficient (Wildman–Crippen LogP) is 3.12. The van der Waals surface area contributed by atoms with E-state index in [2.05, 4.69) is 22.2 Å². The van der Waals surface area contributed by atoms with Gasteiger partial charge in [-0.3, -0.25) is 9.78 Å². The van der Waals surface area contributed by atoms with Crippen LogP contribution in [0.25, 0.3) is 0 Å². The molecule has 1 aliphatic rings. The number of hydrogen-bond donors (Lipinski definition) is 1. The monoisotopic (exact) mass is 325 g/mol. The van der Waals surface area contributed by atoms with E-state index in [0.29, 0.717) is 5.56 Å². The molecule has 0 unspecified atom stereocenters. The van der Waals surface area contributed by atoms with Gasteiger partial charge in [-0.05, 0) is 62.7 Å². The molecular weight excluding hydrogens is 302 g/mol. The van der Waals surface area contributed by atoms with Crippen molar-refractivity contribution in [2.24, 2.45) is 0 Å². The highest BCUT2D eigenvalue weighted by molar-refractivity contribution is 6.04. The lowest BCUT2D eigenvalue weighted by molar-refractivity contribution is 0.102. The van der Waals surface area contributed by atoms with Crippen LogP contribution in [0.5, 0.6) is 5.75 Å². The van der Waals surface area contributed by atoms with Crippen LogP contribution < -0.4 is 10.1 Å². The van der Waals surface area contributed by atoms with Gasteiger partial charge in [-0.15, -0.1) is 0 Å². The molecule has 1 aromatic heterocycles. The van der Waals surface area contributed by atoms with Crippen LogP contribution in [0.3, 0.4) is 0 Å². The number of hydrogen-bond acceptors (Lipinski definition) is 4. The molecule has 1 aliphatic heterocycles. The normalized spacial score (nSPS) is 15.9. The second-order valence-electron chi connectivity index (χ2n) is 6.35. The maximum Gasteiger partial charge on any atom is 0.257 e. The highest BCUT2D eigenvalue weighted by atomic mass is 16.5. The molecule has 5 heteroatoms. The Morgan fingerprint density at radius 2 is 1.92 bits per heavy atom. The summed E-state index contributed by atoms with van der Waals surface area (Å²) in [4.78, 5) is 18.6. The summed E-state index contributed by atoms with van der Waals surface area (Å²) in [6.07, 6.45) is 5.68. The van der Waals surface area contributed by atoms with Crippen molar-refractivity contribution >= 4 is 11.6 Å². The predicted molar refractivity (Wildman–Crippen MR) is 94.5 cm³/mol. The van der Waals surface area contributed by atoms with Crippen molar-refractivity contribution in [2.45, 2.75) is 25.9 Å². The summed E-state index contributed by atoms with van der Waals surface area (Å²) in [6.45, 7) is 4.06. The fourth-order valence-electron chi connectivity index (χ4n) is 2.79. The van der Waals surface area contributed by atoms with Gasteiger partial charge in [-0.2, -0.15) is 0 Å². The molecule has 1 N–H and O–H groups in total. The number of pyridine rings is 1. The quantitative estimate of drug-likeness (QED) is 0.938. The zero-order valence-electron chi connectivity index (χ0n) is 14.2. The van der Waals surface area contributed by atoms with Crippen LogP contribution in [-0.4, -0.2) is 42.0 Å². The molecule has 2 aromatic rings. The first-order valence-corrected chi connectivity index (χ1v) is 8.28. The van der Waals surface area contributed by atoms with Crippen LogP contribution >= 0.6 is 0 Å². The summed E-state index contributed by atoms with van der Waals surface area (Å²) in [7, 11) is 2.14. The number of likely N-dealkylation sites (tertiary alicyclic amines) is 1. The molecule has 1 saturated heterocycles. The largest absolute Gasteiger partial charge is 0.490 e. The topological polar surface area (TPSA) is 54.5 Å². The Morgan fingerprint density at radius 3 is 2.58 bits per heavy atom. The van der Waals surface area contributed by atoms with E-state index < -0.39 is 0 Å². The lowest BCUT2D eigenvalue weighted by Crippen LogP contribution is -2.35. The van der Waals surface area contributed by atoms with Gasteiger partial charge in [0.25, 0.3) is 5.91 Å². The van der Waals surface area contributed by atoms with Gasteiger partial charge in [-0.25, -0.2) is 0 Å². The van der Waals surface area contributed by atoms with Crippen LogP contribution in [0.1, 0.15) is 28.8 Å². The highest BCUT2D eigenvalue weighted by Crippen LogP contribution is 2.21. The van der Waals surface area contributed by atoms with Crippen LogP contribution in [0.4, 0.5) is 5.69 Å². The first kappa shape index (κ1) is 16.5. The number of rotatable bonds is 4. The number of nitrogens with one attached hydrogen (secondary N) is 1. The summed E-state index contributed by atoms with van der Waals surface area (Å²) in [5.41, 5.74) is 2.27. The van der Waals surface area contributed by atoms with E-state index in [1.807, 2.05) is 37.3 Å². The molecule has 0 saturated carbocycles. The number of aromatic nitrogens is 1. The first-order chi connectivity index (χ1) is 11.6. The average molecular weight is 325 g/mol. The number of amides is 1. The van der Waals surface area contributed by atoms with E-state index in [1.54, 1.807) is 12.4 Å². The van der Waals surface area contributed by atoms with Gasteiger partial charge in [0, 0.05) is 31.2 Å². The Hall–Kier alpha value is -2.40. The van der Waals surface area contributed by atoms with Gasteiger partial charge in [0.05, 0.1) is 5.56 Å². The zero-order chi connectivity index (χ0) is 16.9. The molecule has 1 aromatic carbocycles. The van der Waals surface area contributed by atoms with Gasteiger partial charge in [0.15, 0.2) is 0 Å². The third kappa shape index (κ3) is 4.32. The van der Waals surface area contributed by atoms with Crippen LogP contribution in [0.15, 0.2) is 42.7 Å². The Labute approximate surface area is 142 Å². The maximum atomic E-state index is 12.2. The maximum absolute atomic E-state index is 12.2. The number of anilines is 1. The molecule has 3 rings (SSSR count). The standard InChI is InChI=1S/C19H23N3O2/c1-14-11-15(13-20-12-14)19(23)21-16-3-5-17(6-4-16)24-18-7-9-22(2)10-8-18/h3-6,11-13,18H,7-10H2,1-2H3,(H,21,23). The molecule has 2 heterocycles. The average Bonchev–Trinajstić information content (AvgIpc) is 2.59. The molecular formula is C19H23N3O2. The number of carbonyl (C=O) groups excluding carboxylic acids is 1. The van der Waals surface area contributed by atoms with E-state index in [-0.39, 0.29) is 12.0 Å². The summed E-state index contributed by atoms with van der Waals surface area (Å²) < 4.78 is 6.01. The first-order valence-electron chi connectivity index (χ1n) is 8.28. The Bertz CT molecular complexity index is 692. The van der Waals surface area contributed by atoms with Crippen molar-refractivity contribution in [3.05, 3.63) is 53.9 Å². The minimum Gasteiger partial charge on any atom is -0.490 e. The zero-order valence-corrected chi connectivity index (χ0v) is 14.2. The molecule has 0 spiro atoms. The van der Waals surface area contributed by atoms with Gasteiger partial charge in [0.1, 0.15) is 11.9 Å². The summed E-state index contributed by atoms with van der Waals surface area (Å²) in [5, 5.41) is 2.88. The molecule has 1 amide bonds. The lowest BCUT2D eigenvalue weighted by atomic mass is 10.1. The summed E-state index contributed by atoms with van der Waals surface area (Å²) >= 11 is 0. The van der Waals surface area contributed by atoms with Gasteiger partial charge in [0.2, 0.25) is 0 Å². The molecule has 0 radical (unpaired) electrons. The molecule has 5 nitrogen and oxygen atoms in total. The van der Waals surface area contributed by atoms with Gasteiger partial charge < -0.3 is 15.0 Å². The number of benzene rings is 1. The van der Waals surface area contributed by atoms with E-state index in [0.717, 1.165) is 42.9 Å². The number of nitrogens with zero attached hydrogens (tertiary/aromatic N) is 2. The van der Waals surface area contributed by atoms with Crippen molar-refractivity contribution in [3.63, 3.8) is 0 Å². The van der Waals surface area contributed by atoms with Crippen molar-refractivity contribution in [1.82, 2.24) is 9.88 Å². The fraction of sp³-hybridized carbons (Fsp3) is 0.368. The molecule has 126 valence electrons. The van der Waals surface area contributed by atoms with Crippen LogP contribution in [0.2, 0.25) is 0 Å². The number of piperidine rings is 1. The number of ether oxygens (including phenoxy) is 1. The third-order valence-corrected chi connectivity index (χ3v) is 4.22. The van der Waals surface area contributed by atoms with Crippen molar-refractivity contribution in [3.8, 4) is 5.75 Å². The highest BCUT2D eigenvalue weighted by Gasteiger charge is 2.17. The molecule has 0 atom stereocenters. The molecule has 1 fully saturated rings. The molecule has 24 heavy (non-hydrogen) atoms. The second-order valence-corrected chi connectivity index (χ2v) is 6.35. The third-order valence-electron chi connectivity index (χ3n) is 4.22. The van der Waals surface area contributed by atoms with Gasteiger partial charge in [-0.1, -0.05) is 0 Å². The number of carbonyl (C=O) groups is 1. The van der Waals surface area contributed by atoms with E-state index >= 15 is 0 Å². The minimum atomic E-state index is -0.157. The summed E-state index contributed by atoms with van der Waals surface area (Å²) in [6, 6.07) is 9.36. The lowest BCUT2D eigenvalue weighted by Gasteiger charge is -2.29. The Balaban J connectivity index is 1.57. The minimum absolute atomic E-state index is 0.157. The fourth-order valence-corrected chi connectivity index (χ4v) is 2.79. The van der Waals surface area contributed by atoms with Crippen LogP contribution in [-0.2, 0) is 0 Å². The Morgan fingerprint density at radius 1 is 1.21 bits per heavy atom. The van der Waals surface area contributed by atoms with Crippen molar-refractivity contribution in [2.75, 3.05) is 25.5 Å². The van der Waals surface area contributed by atoms with Gasteiger partial charge >= 0.3 is 0 Å².